The Labute approximate surface area is 121 Å². The first-order valence-corrected chi connectivity index (χ1v) is 7.55. The van der Waals surface area contributed by atoms with E-state index in [-0.39, 0.29) is 5.91 Å². The number of likely N-dealkylation sites (tertiary alicyclic amines) is 1. The number of anilines is 1. The predicted molar refractivity (Wildman–Crippen MR) is 80.3 cm³/mol. The first-order valence-electron chi connectivity index (χ1n) is 7.55. The molecule has 0 atom stereocenters. The van der Waals surface area contributed by atoms with Gasteiger partial charge in [0.1, 0.15) is 5.75 Å². The van der Waals surface area contributed by atoms with Crippen molar-refractivity contribution in [3.8, 4) is 5.75 Å². The summed E-state index contributed by atoms with van der Waals surface area (Å²) in [5.41, 5.74) is 0.806. The van der Waals surface area contributed by atoms with Crippen LogP contribution in [0.5, 0.6) is 5.75 Å². The van der Waals surface area contributed by atoms with Crippen LogP contribution in [0.2, 0.25) is 0 Å². The van der Waals surface area contributed by atoms with Crippen LogP contribution in [0.1, 0.15) is 32.1 Å². The van der Waals surface area contributed by atoms with Crippen LogP contribution in [0, 0.1) is 0 Å². The molecule has 2 N–H and O–H groups in total. The van der Waals surface area contributed by atoms with E-state index in [4.69, 9.17) is 4.74 Å². The molecule has 0 aliphatic carbocycles. The number of hydrogen-bond acceptors (Lipinski definition) is 2. The second kappa shape index (κ2) is 7.90. The maximum Gasteiger partial charge on any atom is 0.279 e. The molecule has 0 radical (unpaired) electrons. The average molecular weight is 277 g/mol. The van der Waals surface area contributed by atoms with Crippen molar-refractivity contribution in [2.24, 2.45) is 0 Å². The number of nitrogens with one attached hydrogen (secondary N) is 2. The van der Waals surface area contributed by atoms with Crippen molar-refractivity contribution in [2.45, 2.75) is 32.1 Å². The monoisotopic (exact) mass is 277 g/mol. The molecule has 1 aromatic rings. The van der Waals surface area contributed by atoms with E-state index >= 15 is 0 Å². The Bertz CT molecular complexity index is 426. The minimum atomic E-state index is 0.0915. The van der Waals surface area contributed by atoms with E-state index in [1.54, 1.807) is 7.11 Å². The molecule has 1 fully saturated rings. The van der Waals surface area contributed by atoms with E-state index in [9.17, 15) is 4.79 Å². The molecule has 0 aromatic heterocycles. The molecule has 0 spiro atoms. The fourth-order valence-electron chi connectivity index (χ4n) is 2.72. The van der Waals surface area contributed by atoms with Gasteiger partial charge in [-0.1, -0.05) is 12.5 Å². The molecule has 110 valence electrons. The largest absolute Gasteiger partial charge is 0.497 e. The smallest absolute Gasteiger partial charge is 0.279 e. The normalized spacial score (nSPS) is 17.1. The lowest BCUT2D eigenvalue weighted by Gasteiger charge is -2.21. The molecule has 0 unspecified atom stereocenters. The van der Waals surface area contributed by atoms with Crippen molar-refractivity contribution in [3.63, 3.8) is 0 Å². The molecule has 1 heterocycles. The highest BCUT2D eigenvalue weighted by atomic mass is 16.5. The Kier molecular flexibility index (Phi) is 5.87. The Morgan fingerprint density at radius 1 is 1.20 bits per heavy atom. The summed E-state index contributed by atoms with van der Waals surface area (Å²) >= 11 is 0. The van der Waals surface area contributed by atoms with Crippen LogP contribution in [-0.2, 0) is 4.79 Å². The van der Waals surface area contributed by atoms with E-state index < -0.39 is 0 Å². The van der Waals surface area contributed by atoms with Crippen LogP contribution in [0.3, 0.4) is 0 Å². The van der Waals surface area contributed by atoms with Crippen LogP contribution >= 0.6 is 0 Å². The van der Waals surface area contributed by atoms with Gasteiger partial charge in [-0.25, -0.2) is 0 Å². The van der Waals surface area contributed by atoms with Gasteiger partial charge in [0.25, 0.3) is 5.91 Å². The number of hydrogen-bond donors (Lipinski definition) is 2. The van der Waals surface area contributed by atoms with Crippen molar-refractivity contribution in [2.75, 3.05) is 32.1 Å². The number of quaternary nitrogens is 1. The molecule has 2 rings (SSSR count). The minimum Gasteiger partial charge on any atom is -0.497 e. The standard InChI is InChI=1S/C16H24N2O2/c1-20-15-9-7-8-14(12-15)17-16(19)13-18-10-5-3-2-4-6-11-18/h7-9,12H,2-6,10-11,13H2,1H3,(H,17,19)/p+1. The number of benzene rings is 1. The number of carbonyl (C=O) groups excluding carboxylic acids is 1. The second-order valence-electron chi connectivity index (χ2n) is 5.47. The summed E-state index contributed by atoms with van der Waals surface area (Å²) in [5.74, 6) is 0.857. The molecule has 1 aliphatic heterocycles. The third kappa shape index (κ3) is 4.85. The summed E-state index contributed by atoms with van der Waals surface area (Å²) in [7, 11) is 1.63. The predicted octanol–water partition coefficient (Wildman–Crippen LogP) is 1.48. The fraction of sp³-hybridized carbons (Fsp3) is 0.562. The van der Waals surface area contributed by atoms with Crippen LogP contribution in [0.15, 0.2) is 24.3 Å². The second-order valence-corrected chi connectivity index (χ2v) is 5.47. The van der Waals surface area contributed by atoms with Crippen molar-refractivity contribution in [1.82, 2.24) is 0 Å². The van der Waals surface area contributed by atoms with Gasteiger partial charge >= 0.3 is 0 Å². The minimum absolute atomic E-state index is 0.0915. The van der Waals surface area contributed by atoms with E-state index in [1.165, 1.54) is 37.0 Å². The number of methoxy groups -OCH3 is 1. The summed E-state index contributed by atoms with van der Waals surface area (Å²) < 4.78 is 5.16. The first-order chi connectivity index (χ1) is 9.78. The lowest BCUT2D eigenvalue weighted by Crippen LogP contribution is -3.13. The van der Waals surface area contributed by atoms with Crippen molar-refractivity contribution in [3.05, 3.63) is 24.3 Å². The molecule has 0 bridgehead atoms. The van der Waals surface area contributed by atoms with Crippen molar-refractivity contribution < 1.29 is 14.4 Å². The van der Waals surface area contributed by atoms with Gasteiger partial charge in [-0.3, -0.25) is 4.79 Å². The van der Waals surface area contributed by atoms with Gasteiger partial charge in [-0.15, -0.1) is 0 Å². The van der Waals surface area contributed by atoms with Gasteiger partial charge in [0.2, 0.25) is 0 Å². The summed E-state index contributed by atoms with van der Waals surface area (Å²) in [4.78, 5) is 13.5. The average Bonchev–Trinajstić information content (AvgIpc) is 2.42. The summed E-state index contributed by atoms with van der Waals surface area (Å²) in [6.07, 6.45) is 6.44. The van der Waals surface area contributed by atoms with Crippen molar-refractivity contribution in [1.29, 1.82) is 0 Å². The molecule has 20 heavy (non-hydrogen) atoms. The van der Waals surface area contributed by atoms with Crippen LogP contribution < -0.4 is 15.0 Å². The maximum atomic E-state index is 12.1. The highest BCUT2D eigenvalue weighted by Gasteiger charge is 2.15. The third-order valence-corrected chi connectivity index (χ3v) is 3.82. The Balaban J connectivity index is 1.84. The van der Waals surface area contributed by atoms with E-state index in [2.05, 4.69) is 5.32 Å². The number of ether oxygens (including phenoxy) is 1. The quantitative estimate of drug-likeness (QED) is 0.875. The molecule has 1 amide bonds. The van der Waals surface area contributed by atoms with Gasteiger partial charge in [0.15, 0.2) is 6.54 Å². The zero-order chi connectivity index (χ0) is 14.2. The molecule has 4 nitrogen and oxygen atoms in total. The molecular formula is C16H25N2O2+. The highest BCUT2D eigenvalue weighted by molar-refractivity contribution is 5.91. The SMILES string of the molecule is COc1cccc(NC(=O)C[NH+]2CCCCCCC2)c1. The van der Waals surface area contributed by atoms with E-state index in [0.29, 0.717) is 6.54 Å². The van der Waals surface area contributed by atoms with E-state index in [1.807, 2.05) is 24.3 Å². The highest BCUT2D eigenvalue weighted by Crippen LogP contribution is 2.16. The number of amides is 1. The van der Waals surface area contributed by atoms with Gasteiger partial charge < -0.3 is 15.0 Å². The summed E-state index contributed by atoms with van der Waals surface area (Å²) in [6, 6.07) is 7.50. The molecule has 1 aromatic carbocycles. The molecular weight excluding hydrogens is 252 g/mol. The Morgan fingerprint density at radius 3 is 2.60 bits per heavy atom. The topological polar surface area (TPSA) is 42.8 Å². The number of rotatable bonds is 4. The zero-order valence-electron chi connectivity index (χ0n) is 12.3. The molecule has 1 saturated heterocycles. The lowest BCUT2D eigenvalue weighted by atomic mass is 10.1. The molecule has 1 aliphatic rings. The van der Waals surface area contributed by atoms with Crippen LogP contribution in [0.4, 0.5) is 5.69 Å². The van der Waals surface area contributed by atoms with Crippen LogP contribution in [-0.4, -0.2) is 32.7 Å². The first kappa shape index (κ1) is 14.9. The third-order valence-electron chi connectivity index (χ3n) is 3.82. The lowest BCUT2D eigenvalue weighted by molar-refractivity contribution is -0.892. The van der Waals surface area contributed by atoms with Crippen LogP contribution in [0.25, 0.3) is 0 Å². The summed E-state index contributed by atoms with van der Waals surface area (Å²) in [5, 5.41) is 2.96. The van der Waals surface area contributed by atoms with Gasteiger partial charge in [0.05, 0.1) is 20.2 Å². The van der Waals surface area contributed by atoms with Gasteiger partial charge in [-0.05, 0) is 37.8 Å². The fourth-order valence-corrected chi connectivity index (χ4v) is 2.72. The molecule has 0 saturated carbocycles. The maximum absolute atomic E-state index is 12.1. The van der Waals surface area contributed by atoms with Gasteiger partial charge in [-0.2, -0.15) is 0 Å². The Hall–Kier alpha value is -1.55. The zero-order valence-corrected chi connectivity index (χ0v) is 12.3. The Morgan fingerprint density at radius 2 is 1.90 bits per heavy atom. The number of carbonyl (C=O) groups is 1. The van der Waals surface area contributed by atoms with E-state index in [0.717, 1.165) is 24.5 Å². The summed E-state index contributed by atoms with van der Waals surface area (Å²) in [6.45, 7) is 2.80. The van der Waals surface area contributed by atoms with Crippen molar-refractivity contribution >= 4 is 11.6 Å². The van der Waals surface area contributed by atoms with Gasteiger partial charge in [0, 0.05) is 11.8 Å². The molecule has 4 heteroatoms.